The van der Waals surface area contributed by atoms with E-state index in [1.54, 1.807) is 10.9 Å². The Morgan fingerprint density at radius 3 is 2.38 bits per heavy atom. The number of hydrogen-bond donors (Lipinski definition) is 2. The van der Waals surface area contributed by atoms with Gasteiger partial charge in [-0.1, -0.05) is 12.1 Å². The standard InChI is InChI=1S/C22H21N5O2/c28-20(16-6-8-17(9-7-16)27-13-3-12-23-27)26-14-10-22(11-15-26)21(29)24-18-4-1-2-5-19(18)25-22/h1-9,12-13,25H,10-11,14-15H2,(H,24,29). The van der Waals surface area contributed by atoms with E-state index >= 15 is 0 Å². The molecule has 0 atom stereocenters. The molecule has 3 heterocycles. The van der Waals surface area contributed by atoms with Gasteiger partial charge in [-0.25, -0.2) is 4.68 Å². The van der Waals surface area contributed by atoms with Gasteiger partial charge in [0.2, 0.25) is 5.91 Å². The van der Waals surface area contributed by atoms with Gasteiger partial charge in [0.05, 0.1) is 17.1 Å². The number of benzene rings is 2. The summed E-state index contributed by atoms with van der Waals surface area (Å²) in [4.78, 5) is 27.5. The van der Waals surface area contributed by atoms with E-state index in [1.807, 2.05) is 65.7 Å². The number of para-hydroxylation sites is 2. The van der Waals surface area contributed by atoms with Crippen molar-refractivity contribution >= 4 is 23.2 Å². The first-order valence-electron chi connectivity index (χ1n) is 9.73. The van der Waals surface area contributed by atoms with Crippen LogP contribution in [-0.4, -0.2) is 45.1 Å². The highest BCUT2D eigenvalue weighted by Gasteiger charge is 2.45. The molecule has 0 unspecified atom stereocenters. The Bertz CT molecular complexity index is 1050. The predicted molar refractivity (Wildman–Crippen MR) is 110 cm³/mol. The average Bonchev–Trinajstić information content (AvgIpc) is 3.30. The van der Waals surface area contributed by atoms with Crippen LogP contribution < -0.4 is 10.6 Å². The van der Waals surface area contributed by atoms with Gasteiger partial charge in [-0.05, 0) is 55.3 Å². The lowest BCUT2D eigenvalue weighted by Crippen LogP contribution is -2.59. The van der Waals surface area contributed by atoms with Crippen LogP contribution in [-0.2, 0) is 4.79 Å². The lowest BCUT2D eigenvalue weighted by atomic mass is 9.84. The zero-order valence-corrected chi connectivity index (χ0v) is 15.8. The number of anilines is 2. The highest BCUT2D eigenvalue weighted by molar-refractivity contribution is 6.06. The number of amides is 2. The van der Waals surface area contributed by atoms with Crippen molar-refractivity contribution in [3.63, 3.8) is 0 Å². The first-order valence-corrected chi connectivity index (χ1v) is 9.73. The number of nitrogens with one attached hydrogen (secondary N) is 2. The van der Waals surface area contributed by atoms with E-state index in [0.717, 1.165) is 17.1 Å². The fourth-order valence-corrected chi connectivity index (χ4v) is 4.06. The van der Waals surface area contributed by atoms with Crippen molar-refractivity contribution in [1.29, 1.82) is 0 Å². The molecule has 1 fully saturated rings. The second-order valence-corrected chi connectivity index (χ2v) is 7.50. The molecule has 0 bridgehead atoms. The second-order valence-electron chi connectivity index (χ2n) is 7.50. The minimum atomic E-state index is -0.658. The summed E-state index contributed by atoms with van der Waals surface area (Å²) in [7, 11) is 0. The molecular formula is C22H21N5O2. The number of aromatic nitrogens is 2. The van der Waals surface area contributed by atoms with Crippen LogP contribution in [0.5, 0.6) is 0 Å². The molecule has 1 aromatic heterocycles. The minimum Gasteiger partial charge on any atom is -0.369 e. The fraction of sp³-hybridized carbons (Fsp3) is 0.227. The smallest absolute Gasteiger partial charge is 0.253 e. The zero-order valence-electron chi connectivity index (χ0n) is 15.8. The Hall–Kier alpha value is -3.61. The molecule has 1 spiro atoms. The maximum absolute atomic E-state index is 12.9. The van der Waals surface area contributed by atoms with Crippen LogP contribution in [0.1, 0.15) is 23.2 Å². The molecule has 7 nitrogen and oxygen atoms in total. The third-order valence-electron chi connectivity index (χ3n) is 5.77. The number of carbonyl (C=O) groups excluding carboxylic acids is 2. The SMILES string of the molecule is O=C(c1ccc(-n2cccn2)cc1)N1CCC2(CC1)Nc1ccccc1NC2=O. The van der Waals surface area contributed by atoms with E-state index in [2.05, 4.69) is 15.7 Å². The summed E-state index contributed by atoms with van der Waals surface area (Å²) in [6, 6.07) is 17.0. The molecule has 2 amide bonds. The molecule has 2 aromatic carbocycles. The Morgan fingerprint density at radius 1 is 0.966 bits per heavy atom. The third kappa shape index (κ3) is 3.04. The lowest BCUT2D eigenvalue weighted by Gasteiger charge is -2.44. The summed E-state index contributed by atoms with van der Waals surface area (Å²) in [5, 5.41) is 10.6. The van der Waals surface area contributed by atoms with Crippen LogP contribution in [0.3, 0.4) is 0 Å². The Labute approximate surface area is 168 Å². The van der Waals surface area contributed by atoms with Gasteiger partial charge in [-0.3, -0.25) is 9.59 Å². The topological polar surface area (TPSA) is 79.3 Å². The summed E-state index contributed by atoms with van der Waals surface area (Å²) < 4.78 is 1.75. The molecule has 0 aliphatic carbocycles. The molecule has 0 saturated carbocycles. The summed E-state index contributed by atoms with van der Waals surface area (Å²) in [5.74, 6) is -0.0321. The molecule has 2 aliphatic rings. The fourth-order valence-electron chi connectivity index (χ4n) is 4.06. The van der Waals surface area contributed by atoms with Crippen LogP contribution in [0.4, 0.5) is 11.4 Å². The van der Waals surface area contributed by atoms with Crippen LogP contribution in [0, 0.1) is 0 Å². The first kappa shape index (κ1) is 17.5. The first-order chi connectivity index (χ1) is 14.1. The molecule has 29 heavy (non-hydrogen) atoms. The number of likely N-dealkylation sites (tertiary alicyclic amines) is 1. The second kappa shape index (κ2) is 6.77. The normalized spacial score (nSPS) is 17.4. The maximum atomic E-state index is 12.9. The number of fused-ring (bicyclic) bond motifs is 1. The molecule has 2 N–H and O–H groups in total. The van der Waals surface area contributed by atoms with Crippen molar-refractivity contribution in [3.8, 4) is 5.69 Å². The van der Waals surface area contributed by atoms with E-state index < -0.39 is 5.54 Å². The predicted octanol–water partition coefficient (Wildman–Crippen LogP) is 2.91. The van der Waals surface area contributed by atoms with Gasteiger partial charge < -0.3 is 15.5 Å². The van der Waals surface area contributed by atoms with Gasteiger partial charge in [-0.15, -0.1) is 0 Å². The van der Waals surface area contributed by atoms with Crippen molar-refractivity contribution in [2.45, 2.75) is 18.4 Å². The quantitative estimate of drug-likeness (QED) is 0.709. The number of carbonyl (C=O) groups is 2. The molecule has 146 valence electrons. The minimum absolute atomic E-state index is 0.0107. The Morgan fingerprint density at radius 2 is 1.69 bits per heavy atom. The van der Waals surface area contributed by atoms with Crippen molar-refractivity contribution in [1.82, 2.24) is 14.7 Å². The van der Waals surface area contributed by atoms with E-state index in [9.17, 15) is 9.59 Å². The van der Waals surface area contributed by atoms with E-state index in [-0.39, 0.29) is 11.8 Å². The average molecular weight is 387 g/mol. The van der Waals surface area contributed by atoms with E-state index in [4.69, 9.17) is 0 Å². The Balaban J connectivity index is 1.28. The Kier molecular flexibility index (Phi) is 4.08. The molecule has 3 aromatic rings. The summed E-state index contributed by atoms with van der Waals surface area (Å²) in [6.45, 7) is 1.06. The van der Waals surface area contributed by atoms with Crippen molar-refractivity contribution in [2.24, 2.45) is 0 Å². The van der Waals surface area contributed by atoms with Gasteiger partial charge in [0.25, 0.3) is 5.91 Å². The highest BCUT2D eigenvalue weighted by atomic mass is 16.2. The van der Waals surface area contributed by atoms with Crippen LogP contribution in [0.2, 0.25) is 0 Å². The molecule has 1 saturated heterocycles. The van der Waals surface area contributed by atoms with Gasteiger partial charge >= 0.3 is 0 Å². The van der Waals surface area contributed by atoms with Crippen molar-refractivity contribution in [2.75, 3.05) is 23.7 Å². The van der Waals surface area contributed by atoms with E-state index in [1.165, 1.54) is 0 Å². The van der Waals surface area contributed by atoms with Gasteiger partial charge in [-0.2, -0.15) is 5.10 Å². The van der Waals surface area contributed by atoms with Gasteiger partial charge in [0.15, 0.2) is 0 Å². The molecule has 0 radical (unpaired) electrons. The molecular weight excluding hydrogens is 366 g/mol. The maximum Gasteiger partial charge on any atom is 0.253 e. The summed E-state index contributed by atoms with van der Waals surface area (Å²) in [5.41, 5.74) is 2.63. The van der Waals surface area contributed by atoms with Crippen LogP contribution in [0.25, 0.3) is 5.69 Å². The number of rotatable bonds is 2. The summed E-state index contributed by atoms with van der Waals surface area (Å²) >= 11 is 0. The highest BCUT2D eigenvalue weighted by Crippen LogP contribution is 2.36. The third-order valence-corrected chi connectivity index (χ3v) is 5.77. The number of hydrogen-bond acceptors (Lipinski definition) is 4. The molecule has 5 rings (SSSR count). The number of piperidine rings is 1. The molecule has 2 aliphatic heterocycles. The van der Waals surface area contributed by atoms with Crippen LogP contribution in [0.15, 0.2) is 67.0 Å². The largest absolute Gasteiger partial charge is 0.369 e. The van der Waals surface area contributed by atoms with Crippen molar-refractivity contribution < 1.29 is 9.59 Å². The van der Waals surface area contributed by atoms with E-state index in [0.29, 0.717) is 31.5 Å². The lowest BCUT2D eigenvalue weighted by molar-refractivity contribution is -0.122. The van der Waals surface area contributed by atoms with Crippen molar-refractivity contribution in [3.05, 3.63) is 72.6 Å². The summed E-state index contributed by atoms with van der Waals surface area (Å²) in [6.07, 6.45) is 4.73. The van der Waals surface area contributed by atoms with Crippen LogP contribution >= 0.6 is 0 Å². The van der Waals surface area contributed by atoms with Gasteiger partial charge in [0.1, 0.15) is 5.54 Å². The number of nitrogens with zero attached hydrogens (tertiary/aromatic N) is 3. The molecule has 7 heteroatoms. The monoisotopic (exact) mass is 387 g/mol. The zero-order chi connectivity index (χ0) is 19.8. The van der Waals surface area contributed by atoms with Gasteiger partial charge in [0, 0.05) is 31.0 Å².